The van der Waals surface area contributed by atoms with Crippen molar-refractivity contribution in [1.82, 2.24) is 9.29 Å². The second kappa shape index (κ2) is 5.11. The number of aromatic nitrogens is 1. The number of aliphatic carboxylic acids is 1. The molecule has 0 saturated carbocycles. The lowest BCUT2D eigenvalue weighted by Crippen LogP contribution is -2.36. The number of nitrogens with zero attached hydrogens (tertiary/aromatic N) is 2. The molecule has 94 valence electrons. The van der Waals surface area contributed by atoms with Gasteiger partial charge in [-0.1, -0.05) is 0 Å². The normalized spacial score (nSPS) is 11.5. The maximum atomic E-state index is 11.7. The molecule has 0 spiro atoms. The summed E-state index contributed by atoms with van der Waals surface area (Å²) < 4.78 is 26.3. The first-order valence-electron chi connectivity index (χ1n) is 4.70. The smallest absolute Gasteiger partial charge is 0.318 e. The zero-order valence-electron chi connectivity index (χ0n) is 9.41. The molecular formula is C9H13N3O4S. The molecule has 0 saturated heterocycles. The standard InChI is InChI=1S/C9H13N3O4S/c1-7-5-8(3-4-10-7)11-17(15,16)12(2)6-9(13)14/h3-5H,6H2,1-2H3,(H,10,11)(H,13,14). The van der Waals surface area contributed by atoms with Crippen molar-refractivity contribution in [3.8, 4) is 0 Å². The Morgan fingerprint density at radius 3 is 2.76 bits per heavy atom. The fourth-order valence-electron chi connectivity index (χ4n) is 1.11. The molecule has 2 N–H and O–H groups in total. The van der Waals surface area contributed by atoms with Gasteiger partial charge in [0.1, 0.15) is 6.54 Å². The van der Waals surface area contributed by atoms with Gasteiger partial charge >= 0.3 is 16.2 Å². The Bertz CT molecular complexity index is 515. The Morgan fingerprint density at radius 2 is 2.24 bits per heavy atom. The van der Waals surface area contributed by atoms with E-state index in [0.717, 1.165) is 0 Å². The van der Waals surface area contributed by atoms with E-state index in [4.69, 9.17) is 5.11 Å². The Morgan fingerprint density at radius 1 is 1.59 bits per heavy atom. The van der Waals surface area contributed by atoms with E-state index in [1.165, 1.54) is 19.3 Å². The molecule has 17 heavy (non-hydrogen) atoms. The zero-order valence-corrected chi connectivity index (χ0v) is 10.2. The van der Waals surface area contributed by atoms with E-state index in [0.29, 0.717) is 15.7 Å². The SMILES string of the molecule is Cc1cc(NS(=O)(=O)N(C)CC(=O)O)ccn1. The number of likely N-dealkylation sites (N-methyl/N-ethyl adjacent to an activating group) is 1. The first kappa shape index (κ1) is 13.4. The number of carbonyl (C=O) groups is 1. The number of hydrogen-bond acceptors (Lipinski definition) is 4. The second-order valence-electron chi connectivity index (χ2n) is 3.44. The largest absolute Gasteiger partial charge is 0.480 e. The van der Waals surface area contributed by atoms with Gasteiger partial charge in [0.2, 0.25) is 0 Å². The first-order valence-corrected chi connectivity index (χ1v) is 6.14. The van der Waals surface area contributed by atoms with Crippen molar-refractivity contribution in [2.45, 2.75) is 6.92 Å². The third-order valence-corrected chi connectivity index (χ3v) is 3.36. The molecule has 0 radical (unpaired) electrons. The summed E-state index contributed by atoms with van der Waals surface area (Å²) in [4.78, 5) is 14.3. The monoisotopic (exact) mass is 259 g/mol. The van der Waals surface area contributed by atoms with E-state index < -0.39 is 22.7 Å². The van der Waals surface area contributed by atoms with Crippen LogP contribution in [0, 0.1) is 6.92 Å². The van der Waals surface area contributed by atoms with Crippen LogP contribution in [0.1, 0.15) is 5.69 Å². The number of hydrogen-bond donors (Lipinski definition) is 2. The topological polar surface area (TPSA) is 99.6 Å². The number of carboxylic acid groups (broad SMARTS) is 1. The number of aryl methyl sites for hydroxylation is 1. The highest BCUT2D eigenvalue weighted by Gasteiger charge is 2.19. The van der Waals surface area contributed by atoms with Crippen molar-refractivity contribution in [2.24, 2.45) is 0 Å². The van der Waals surface area contributed by atoms with E-state index >= 15 is 0 Å². The molecule has 1 rings (SSSR count). The lowest BCUT2D eigenvalue weighted by Gasteiger charge is -2.16. The van der Waals surface area contributed by atoms with Gasteiger partial charge in [0.25, 0.3) is 0 Å². The van der Waals surface area contributed by atoms with Crippen LogP contribution in [0.4, 0.5) is 5.69 Å². The molecule has 7 nitrogen and oxygen atoms in total. The van der Waals surface area contributed by atoms with Gasteiger partial charge in [0.05, 0.1) is 5.69 Å². The molecule has 0 aromatic carbocycles. The van der Waals surface area contributed by atoms with Crippen LogP contribution in [0.15, 0.2) is 18.3 Å². The molecule has 0 aliphatic rings. The van der Waals surface area contributed by atoms with E-state index in [1.54, 1.807) is 13.0 Å². The number of anilines is 1. The molecule has 0 fully saturated rings. The second-order valence-corrected chi connectivity index (χ2v) is 5.22. The molecule has 0 amide bonds. The summed E-state index contributed by atoms with van der Waals surface area (Å²) in [5, 5.41) is 8.51. The van der Waals surface area contributed by atoms with Gasteiger partial charge in [-0.15, -0.1) is 0 Å². The summed E-state index contributed by atoms with van der Waals surface area (Å²) in [6.45, 7) is 1.12. The molecule has 0 atom stereocenters. The lowest BCUT2D eigenvalue weighted by molar-refractivity contribution is -0.137. The number of carboxylic acids is 1. The van der Waals surface area contributed by atoms with E-state index in [9.17, 15) is 13.2 Å². The molecule has 1 aromatic heterocycles. The predicted octanol–water partition coefficient (Wildman–Crippen LogP) is 0.0631. The third-order valence-electron chi connectivity index (χ3n) is 1.91. The molecular weight excluding hydrogens is 246 g/mol. The highest BCUT2D eigenvalue weighted by molar-refractivity contribution is 7.90. The first-order chi connectivity index (χ1) is 7.81. The summed E-state index contributed by atoms with van der Waals surface area (Å²) in [5.41, 5.74) is 1.00. The summed E-state index contributed by atoms with van der Waals surface area (Å²) >= 11 is 0. The maximum absolute atomic E-state index is 11.7. The van der Waals surface area contributed by atoms with Crippen LogP contribution < -0.4 is 4.72 Å². The number of pyridine rings is 1. The zero-order chi connectivity index (χ0) is 13.1. The van der Waals surface area contributed by atoms with Crippen LogP contribution in [0.5, 0.6) is 0 Å². The third kappa shape index (κ3) is 4.00. The van der Waals surface area contributed by atoms with E-state index in [1.807, 2.05) is 0 Å². The summed E-state index contributed by atoms with van der Waals surface area (Å²) in [6, 6.07) is 3.03. The highest BCUT2D eigenvalue weighted by atomic mass is 32.2. The van der Waals surface area contributed by atoms with Gasteiger partial charge in [-0.05, 0) is 19.1 Å². The highest BCUT2D eigenvalue weighted by Crippen LogP contribution is 2.10. The average molecular weight is 259 g/mol. The van der Waals surface area contributed by atoms with Crippen molar-refractivity contribution in [2.75, 3.05) is 18.3 Å². The Hall–Kier alpha value is -1.67. The fourth-order valence-corrected chi connectivity index (χ4v) is 1.97. The summed E-state index contributed by atoms with van der Waals surface area (Å²) in [6.07, 6.45) is 1.46. The molecule has 0 unspecified atom stereocenters. The predicted molar refractivity (Wildman–Crippen MR) is 61.8 cm³/mol. The summed E-state index contributed by atoms with van der Waals surface area (Å²) in [5.74, 6) is -1.22. The average Bonchev–Trinajstić information content (AvgIpc) is 2.15. The van der Waals surface area contributed by atoms with E-state index in [2.05, 4.69) is 9.71 Å². The van der Waals surface area contributed by atoms with Crippen molar-refractivity contribution in [3.63, 3.8) is 0 Å². The van der Waals surface area contributed by atoms with Crippen molar-refractivity contribution in [3.05, 3.63) is 24.0 Å². The molecule has 1 heterocycles. The van der Waals surface area contributed by atoms with Crippen LogP contribution in [-0.2, 0) is 15.0 Å². The van der Waals surface area contributed by atoms with Gasteiger partial charge in [-0.2, -0.15) is 12.7 Å². The Kier molecular flexibility index (Phi) is 4.02. The Labute approximate surface area is 99.3 Å². The van der Waals surface area contributed by atoms with Gasteiger partial charge in [0, 0.05) is 18.9 Å². The number of rotatable bonds is 5. The minimum absolute atomic E-state index is 0.342. The fraction of sp³-hybridized carbons (Fsp3) is 0.333. The van der Waals surface area contributed by atoms with Crippen LogP contribution in [0.25, 0.3) is 0 Å². The van der Waals surface area contributed by atoms with Crippen molar-refractivity contribution >= 4 is 21.9 Å². The minimum Gasteiger partial charge on any atom is -0.480 e. The quantitative estimate of drug-likeness (QED) is 0.779. The van der Waals surface area contributed by atoms with E-state index in [-0.39, 0.29) is 0 Å². The van der Waals surface area contributed by atoms with Crippen LogP contribution in [0.2, 0.25) is 0 Å². The molecule has 0 bridgehead atoms. The van der Waals surface area contributed by atoms with Gasteiger partial charge in [-0.25, -0.2) is 0 Å². The number of nitrogens with one attached hydrogen (secondary N) is 1. The van der Waals surface area contributed by atoms with Gasteiger partial charge in [-0.3, -0.25) is 14.5 Å². The Balaban J connectivity index is 2.83. The van der Waals surface area contributed by atoms with Crippen molar-refractivity contribution in [1.29, 1.82) is 0 Å². The molecule has 8 heteroatoms. The molecule has 0 aliphatic carbocycles. The van der Waals surface area contributed by atoms with Gasteiger partial charge < -0.3 is 5.11 Å². The maximum Gasteiger partial charge on any atom is 0.318 e. The summed E-state index contributed by atoms with van der Waals surface area (Å²) in [7, 11) is -2.67. The van der Waals surface area contributed by atoms with Crippen molar-refractivity contribution < 1.29 is 18.3 Å². The van der Waals surface area contributed by atoms with Gasteiger partial charge in [0.15, 0.2) is 0 Å². The van der Waals surface area contributed by atoms with Crippen LogP contribution >= 0.6 is 0 Å². The molecule has 0 aliphatic heterocycles. The van der Waals surface area contributed by atoms with Crippen LogP contribution in [0.3, 0.4) is 0 Å². The van der Waals surface area contributed by atoms with Crippen LogP contribution in [-0.4, -0.2) is 42.4 Å². The minimum atomic E-state index is -3.85. The lowest BCUT2D eigenvalue weighted by atomic mass is 10.3. The molecule has 1 aromatic rings.